The maximum atomic E-state index is 12.7. The smallest absolute Gasteiger partial charge is 0.277 e. The van der Waals surface area contributed by atoms with Gasteiger partial charge in [-0.15, -0.1) is 0 Å². The van der Waals surface area contributed by atoms with Crippen molar-refractivity contribution in [2.24, 2.45) is 5.73 Å². The molecule has 0 heterocycles. The number of rotatable bonds is 4. The van der Waals surface area contributed by atoms with Crippen LogP contribution in [0.1, 0.15) is 10.4 Å². The fourth-order valence-corrected chi connectivity index (χ4v) is 0.973. The molecule has 1 aromatic rings. The van der Waals surface area contributed by atoms with E-state index in [1.165, 1.54) is 0 Å². The molecule has 0 spiro atoms. The van der Waals surface area contributed by atoms with E-state index in [1.54, 1.807) is 30.3 Å². The molecule has 15 heavy (non-hydrogen) atoms. The number of carbonyl (C=O) groups is 1. The molecular formula is C10H12F2N2O. The van der Waals surface area contributed by atoms with Gasteiger partial charge in [-0.05, 0) is 12.1 Å². The first-order valence-corrected chi connectivity index (χ1v) is 4.46. The Morgan fingerprint density at radius 2 is 1.93 bits per heavy atom. The number of benzene rings is 1. The van der Waals surface area contributed by atoms with E-state index in [1.807, 2.05) is 0 Å². The number of carbonyl (C=O) groups excluding carboxylic acids is 1. The van der Waals surface area contributed by atoms with Gasteiger partial charge in [-0.1, -0.05) is 18.2 Å². The molecule has 3 nitrogen and oxygen atoms in total. The van der Waals surface area contributed by atoms with E-state index in [0.717, 1.165) is 0 Å². The second kappa shape index (κ2) is 4.84. The zero-order valence-electron chi connectivity index (χ0n) is 8.04. The molecule has 0 radical (unpaired) electrons. The van der Waals surface area contributed by atoms with Crippen molar-refractivity contribution >= 4 is 5.91 Å². The summed E-state index contributed by atoms with van der Waals surface area (Å²) in [6.45, 7) is -1.51. The molecule has 0 saturated heterocycles. The quantitative estimate of drug-likeness (QED) is 0.785. The first kappa shape index (κ1) is 11.6. The number of halogens is 2. The highest BCUT2D eigenvalue weighted by atomic mass is 19.3. The van der Waals surface area contributed by atoms with Crippen molar-refractivity contribution in [1.29, 1.82) is 0 Å². The average molecular weight is 214 g/mol. The zero-order chi connectivity index (χ0) is 11.3. The van der Waals surface area contributed by atoms with Gasteiger partial charge in [0.2, 0.25) is 0 Å². The van der Waals surface area contributed by atoms with E-state index in [4.69, 9.17) is 5.73 Å². The lowest BCUT2D eigenvalue weighted by Gasteiger charge is -2.14. The SMILES string of the molecule is NCC(F)(F)CNC(=O)c1ccccc1. The predicted octanol–water partition coefficient (Wildman–Crippen LogP) is 1.01. The maximum Gasteiger partial charge on any atom is 0.277 e. The molecule has 1 rings (SSSR count). The number of nitrogens with two attached hydrogens (primary N) is 1. The van der Waals surface area contributed by atoms with Crippen LogP contribution < -0.4 is 11.1 Å². The van der Waals surface area contributed by atoms with Crippen molar-refractivity contribution < 1.29 is 13.6 Å². The van der Waals surface area contributed by atoms with Gasteiger partial charge in [-0.25, -0.2) is 8.78 Å². The predicted molar refractivity (Wildman–Crippen MR) is 52.8 cm³/mol. The first-order chi connectivity index (χ1) is 7.05. The Balaban J connectivity index is 2.51. The van der Waals surface area contributed by atoms with Crippen molar-refractivity contribution in [3.8, 4) is 0 Å². The van der Waals surface area contributed by atoms with Crippen molar-refractivity contribution in [1.82, 2.24) is 5.32 Å². The minimum absolute atomic E-state index is 0.352. The molecular weight excluding hydrogens is 202 g/mol. The molecule has 0 aliphatic rings. The molecule has 0 atom stereocenters. The largest absolute Gasteiger partial charge is 0.346 e. The standard InChI is InChI=1S/C10H12F2N2O/c11-10(12,6-13)7-14-9(15)8-4-2-1-3-5-8/h1-5H,6-7,13H2,(H,14,15). The van der Waals surface area contributed by atoms with Crippen LogP contribution in [-0.2, 0) is 0 Å². The number of alkyl halides is 2. The summed E-state index contributed by atoms with van der Waals surface area (Å²) in [4.78, 5) is 11.3. The molecule has 1 amide bonds. The van der Waals surface area contributed by atoms with Gasteiger partial charge in [0.15, 0.2) is 0 Å². The summed E-state index contributed by atoms with van der Waals surface area (Å²) in [5.41, 5.74) is 5.18. The minimum atomic E-state index is -3.05. The van der Waals surface area contributed by atoms with Crippen LogP contribution in [0.25, 0.3) is 0 Å². The van der Waals surface area contributed by atoms with E-state index in [2.05, 4.69) is 5.32 Å². The van der Waals surface area contributed by atoms with E-state index in [9.17, 15) is 13.6 Å². The number of amides is 1. The third-order valence-corrected chi connectivity index (χ3v) is 1.84. The van der Waals surface area contributed by atoms with Crippen LogP contribution in [0.5, 0.6) is 0 Å². The minimum Gasteiger partial charge on any atom is -0.346 e. The molecule has 5 heteroatoms. The van der Waals surface area contributed by atoms with Gasteiger partial charge >= 0.3 is 0 Å². The molecule has 0 aliphatic heterocycles. The second-order valence-corrected chi connectivity index (χ2v) is 3.11. The fourth-order valence-electron chi connectivity index (χ4n) is 0.973. The molecule has 1 aromatic carbocycles. The third-order valence-electron chi connectivity index (χ3n) is 1.84. The van der Waals surface area contributed by atoms with Crippen molar-refractivity contribution in [3.63, 3.8) is 0 Å². The lowest BCUT2D eigenvalue weighted by molar-refractivity contribution is 0.0118. The summed E-state index contributed by atoms with van der Waals surface area (Å²) in [5.74, 6) is -3.58. The fraction of sp³-hybridized carbons (Fsp3) is 0.300. The average Bonchev–Trinajstić information content (AvgIpc) is 2.27. The Kier molecular flexibility index (Phi) is 3.74. The Labute approximate surface area is 86.3 Å². The zero-order valence-corrected chi connectivity index (χ0v) is 8.04. The Hall–Kier alpha value is -1.49. The monoisotopic (exact) mass is 214 g/mol. The number of hydrogen-bond donors (Lipinski definition) is 2. The van der Waals surface area contributed by atoms with Gasteiger partial charge in [0.1, 0.15) is 0 Å². The summed E-state index contributed by atoms with van der Waals surface area (Å²) < 4.78 is 25.4. The van der Waals surface area contributed by atoms with Gasteiger partial charge in [0.25, 0.3) is 11.8 Å². The van der Waals surface area contributed by atoms with Crippen LogP contribution in [0.2, 0.25) is 0 Å². The van der Waals surface area contributed by atoms with E-state index in [-0.39, 0.29) is 0 Å². The molecule has 82 valence electrons. The summed E-state index contributed by atoms with van der Waals surface area (Å²) in [7, 11) is 0. The summed E-state index contributed by atoms with van der Waals surface area (Å²) >= 11 is 0. The second-order valence-electron chi connectivity index (χ2n) is 3.11. The highest BCUT2D eigenvalue weighted by Crippen LogP contribution is 2.09. The van der Waals surface area contributed by atoms with Crippen LogP contribution in [0.3, 0.4) is 0 Å². The van der Waals surface area contributed by atoms with Crippen molar-refractivity contribution in [3.05, 3.63) is 35.9 Å². The lowest BCUT2D eigenvalue weighted by Crippen LogP contribution is -2.41. The van der Waals surface area contributed by atoms with Crippen LogP contribution >= 0.6 is 0 Å². The lowest BCUT2D eigenvalue weighted by atomic mass is 10.2. The van der Waals surface area contributed by atoms with Crippen molar-refractivity contribution in [2.45, 2.75) is 5.92 Å². The molecule has 0 unspecified atom stereocenters. The Bertz CT molecular complexity index is 327. The van der Waals surface area contributed by atoms with Crippen LogP contribution in [0, 0.1) is 0 Å². The molecule has 0 bridgehead atoms. The topological polar surface area (TPSA) is 55.1 Å². The van der Waals surface area contributed by atoms with E-state index in [0.29, 0.717) is 5.56 Å². The summed E-state index contributed by atoms with van der Waals surface area (Å²) in [6, 6.07) is 8.17. The number of nitrogens with one attached hydrogen (secondary N) is 1. The van der Waals surface area contributed by atoms with Gasteiger partial charge in [-0.3, -0.25) is 4.79 Å². The van der Waals surface area contributed by atoms with Gasteiger partial charge in [0.05, 0.1) is 13.1 Å². The van der Waals surface area contributed by atoms with Crippen LogP contribution in [-0.4, -0.2) is 24.9 Å². The molecule has 0 fully saturated rings. The highest BCUT2D eigenvalue weighted by Gasteiger charge is 2.27. The Morgan fingerprint density at radius 3 is 2.47 bits per heavy atom. The Morgan fingerprint density at radius 1 is 1.33 bits per heavy atom. The van der Waals surface area contributed by atoms with Gasteiger partial charge in [0, 0.05) is 5.56 Å². The molecule has 0 aromatic heterocycles. The normalized spacial score (nSPS) is 11.1. The van der Waals surface area contributed by atoms with Crippen molar-refractivity contribution in [2.75, 3.05) is 13.1 Å². The third kappa shape index (κ3) is 3.63. The van der Waals surface area contributed by atoms with Crippen LogP contribution in [0.15, 0.2) is 30.3 Å². The van der Waals surface area contributed by atoms with E-state index < -0.39 is 24.9 Å². The summed E-state index contributed by atoms with van der Waals surface area (Å²) in [6.07, 6.45) is 0. The van der Waals surface area contributed by atoms with Gasteiger partial charge in [-0.2, -0.15) is 0 Å². The number of hydrogen-bond acceptors (Lipinski definition) is 2. The molecule has 0 saturated carbocycles. The highest BCUT2D eigenvalue weighted by molar-refractivity contribution is 5.94. The van der Waals surface area contributed by atoms with Crippen LogP contribution in [0.4, 0.5) is 8.78 Å². The van der Waals surface area contributed by atoms with E-state index >= 15 is 0 Å². The molecule has 3 N–H and O–H groups in total. The van der Waals surface area contributed by atoms with Gasteiger partial charge < -0.3 is 11.1 Å². The first-order valence-electron chi connectivity index (χ1n) is 4.46. The summed E-state index contributed by atoms with van der Waals surface area (Å²) in [5, 5.41) is 2.12. The maximum absolute atomic E-state index is 12.7. The molecule has 0 aliphatic carbocycles.